The number of hydrogen-bond acceptors (Lipinski definition) is 5. The summed E-state index contributed by atoms with van der Waals surface area (Å²) < 4.78 is 10.6. The Hall–Kier alpha value is -3.16. The van der Waals surface area contributed by atoms with Gasteiger partial charge in [-0.25, -0.2) is 4.79 Å². The number of rotatable bonds is 7. The number of benzene rings is 2. The van der Waals surface area contributed by atoms with E-state index in [4.69, 9.17) is 9.26 Å². The minimum atomic E-state index is -0.261. The molecule has 0 saturated carbocycles. The molecule has 2 amide bonds. The smallest absolute Gasteiger partial charge is 0.319 e. The SMILES string of the molecule is COCCN1CC(c2ccccc2)[C@H](NC(=O)Nc2c(-c3ccccc3)noc2C)C1. The maximum absolute atomic E-state index is 13.0. The highest BCUT2D eigenvalue weighted by Crippen LogP contribution is 2.31. The highest BCUT2D eigenvalue weighted by molar-refractivity contribution is 5.94. The van der Waals surface area contributed by atoms with Gasteiger partial charge in [-0.05, 0) is 12.5 Å². The molecular weight excluding hydrogens is 392 g/mol. The predicted octanol–water partition coefficient (Wildman–Crippen LogP) is 3.89. The number of aryl methyl sites for hydroxylation is 1. The summed E-state index contributed by atoms with van der Waals surface area (Å²) in [4.78, 5) is 15.3. The summed E-state index contributed by atoms with van der Waals surface area (Å²) in [6.07, 6.45) is 0. The molecule has 2 heterocycles. The molecule has 162 valence electrons. The van der Waals surface area contributed by atoms with Crippen molar-refractivity contribution in [1.29, 1.82) is 0 Å². The van der Waals surface area contributed by atoms with Crippen LogP contribution in [0.3, 0.4) is 0 Å². The molecule has 1 aliphatic heterocycles. The van der Waals surface area contributed by atoms with Crippen molar-refractivity contribution in [2.75, 3.05) is 38.7 Å². The standard InChI is InChI=1S/C24H28N4O3/c1-17-22(23(27-31-17)19-11-7-4-8-12-19)26-24(29)25-21-16-28(13-14-30-2)15-20(21)18-9-5-3-6-10-18/h3-12,20-21H,13-16H2,1-2H3,(H2,25,26,29)/t20?,21-/m1/s1. The van der Waals surface area contributed by atoms with Crippen molar-refractivity contribution < 1.29 is 14.1 Å². The highest BCUT2D eigenvalue weighted by Gasteiger charge is 2.34. The van der Waals surface area contributed by atoms with Crippen LogP contribution in [0.4, 0.5) is 10.5 Å². The van der Waals surface area contributed by atoms with Crippen LogP contribution >= 0.6 is 0 Å². The molecule has 7 nitrogen and oxygen atoms in total. The predicted molar refractivity (Wildman–Crippen MR) is 120 cm³/mol. The molecular formula is C24H28N4O3. The zero-order chi connectivity index (χ0) is 21.6. The quantitative estimate of drug-likeness (QED) is 0.606. The van der Waals surface area contributed by atoms with Gasteiger partial charge in [-0.15, -0.1) is 0 Å². The lowest BCUT2D eigenvalue weighted by molar-refractivity contribution is 0.159. The van der Waals surface area contributed by atoms with Crippen molar-refractivity contribution in [2.45, 2.75) is 18.9 Å². The van der Waals surface area contributed by atoms with Crippen LogP contribution in [0, 0.1) is 6.92 Å². The Morgan fingerprint density at radius 3 is 2.55 bits per heavy atom. The average molecular weight is 421 g/mol. The molecule has 3 aromatic rings. The van der Waals surface area contributed by atoms with E-state index in [0.29, 0.717) is 23.7 Å². The Morgan fingerprint density at radius 1 is 1.13 bits per heavy atom. The fourth-order valence-electron chi connectivity index (χ4n) is 4.10. The summed E-state index contributed by atoms with van der Waals surface area (Å²) in [5.74, 6) is 0.780. The molecule has 0 radical (unpaired) electrons. The number of nitrogens with zero attached hydrogens (tertiary/aromatic N) is 2. The number of hydrogen-bond donors (Lipinski definition) is 2. The molecule has 1 aromatic heterocycles. The molecule has 2 atom stereocenters. The van der Waals surface area contributed by atoms with E-state index in [0.717, 1.165) is 25.2 Å². The molecule has 31 heavy (non-hydrogen) atoms. The van der Waals surface area contributed by atoms with Gasteiger partial charge in [0.05, 0.1) is 12.6 Å². The van der Waals surface area contributed by atoms with Crippen molar-refractivity contribution in [2.24, 2.45) is 0 Å². The van der Waals surface area contributed by atoms with E-state index in [1.54, 1.807) is 14.0 Å². The second kappa shape index (κ2) is 9.76. The molecule has 0 aliphatic carbocycles. The van der Waals surface area contributed by atoms with Crippen LogP contribution in [0.5, 0.6) is 0 Å². The number of carbonyl (C=O) groups excluding carboxylic acids is 1. The van der Waals surface area contributed by atoms with Crippen molar-refractivity contribution in [3.8, 4) is 11.3 Å². The number of methoxy groups -OCH3 is 1. The summed E-state index contributed by atoms with van der Waals surface area (Å²) in [6.45, 7) is 4.94. The van der Waals surface area contributed by atoms with Crippen molar-refractivity contribution in [1.82, 2.24) is 15.4 Å². The third kappa shape index (κ3) is 4.95. The number of carbonyl (C=O) groups is 1. The topological polar surface area (TPSA) is 79.6 Å². The largest absolute Gasteiger partial charge is 0.383 e. The van der Waals surface area contributed by atoms with Gasteiger partial charge in [0.1, 0.15) is 11.4 Å². The van der Waals surface area contributed by atoms with Gasteiger partial charge in [0.15, 0.2) is 5.76 Å². The van der Waals surface area contributed by atoms with Crippen LogP contribution in [0.1, 0.15) is 17.2 Å². The number of ether oxygens (including phenoxy) is 1. The van der Waals surface area contributed by atoms with Crippen LogP contribution in [-0.4, -0.2) is 55.5 Å². The second-order valence-corrected chi connectivity index (χ2v) is 7.80. The molecule has 2 aromatic carbocycles. The Kier molecular flexibility index (Phi) is 6.64. The van der Waals surface area contributed by atoms with E-state index in [-0.39, 0.29) is 18.0 Å². The fraction of sp³-hybridized carbons (Fsp3) is 0.333. The van der Waals surface area contributed by atoms with Crippen LogP contribution < -0.4 is 10.6 Å². The Balaban J connectivity index is 1.49. The van der Waals surface area contributed by atoms with Gasteiger partial charge < -0.3 is 19.9 Å². The summed E-state index contributed by atoms with van der Waals surface area (Å²) in [6, 6.07) is 19.7. The molecule has 1 fully saturated rings. The number of anilines is 1. The van der Waals surface area contributed by atoms with Crippen molar-refractivity contribution in [3.63, 3.8) is 0 Å². The molecule has 0 spiro atoms. The van der Waals surface area contributed by atoms with Gasteiger partial charge in [0.2, 0.25) is 0 Å². The monoisotopic (exact) mass is 420 g/mol. The number of urea groups is 1. The van der Waals surface area contributed by atoms with Gasteiger partial charge in [-0.2, -0.15) is 0 Å². The summed E-state index contributed by atoms with van der Waals surface area (Å²) in [5.41, 5.74) is 3.33. The van der Waals surface area contributed by atoms with E-state index in [1.807, 2.05) is 48.5 Å². The van der Waals surface area contributed by atoms with Crippen LogP contribution in [0.2, 0.25) is 0 Å². The van der Waals surface area contributed by atoms with Crippen LogP contribution in [0.25, 0.3) is 11.3 Å². The van der Waals surface area contributed by atoms with Crippen LogP contribution in [0.15, 0.2) is 65.2 Å². The van der Waals surface area contributed by atoms with Gasteiger partial charge in [-0.1, -0.05) is 65.8 Å². The number of likely N-dealkylation sites (tertiary alicyclic amines) is 1. The Bertz CT molecular complexity index is 991. The average Bonchev–Trinajstić information content (AvgIpc) is 3.37. The van der Waals surface area contributed by atoms with E-state index in [9.17, 15) is 4.79 Å². The fourth-order valence-corrected chi connectivity index (χ4v) is 4.10. The van der Waals surface area contributed by atoms with Gasteiger partial charge >= 0.3 is 6.03 Å². The first-order valence-corrected chi connectivity index (χ1v) is 10.5. The van der Waals surface area contributed by atoms with Gasteiger partial charge in [-0.3, -0.25) is 4.90 Å². The number of aromatic nitrogens is 1. The highest BCUT2D eigenvalue weighted by atomic mass is 16.5. The summed E-state index contributed by atoms with van der Waals surface area (Å²) >= 11 is 0. The molecule has 1 unspecified atom stereocenters. The maximum atomic E-state index is 13.0. The number of amides is 2. The summed E-state index contributed by atoms with van der Waals surface area (Å²) in [5, 5.41) is 10.3. The Labute approximate surface area is 182 Å². The zero-order valence-corrected chi connectivity index (χ0v) is 17.9. The first-order chi connectivity index (χ1) is 15.2. The lowest BCUT2D eigenvalue weighted by Gasteiger charge is -2.20. The molecule has 1 saturated heterocycles. The molecule has 1 aliphatic rings. The molecule has 2 N–H and O–H groups in total. The first kappa shape index (κ1) is 21.1. The van der Waals surface area contributed by atoms with Crippen LogP contribution in [-0.2, 0) is 4.74 Å². The summed E-state index contributed by atoms with van der Waals surface area (Å²) in [7, 11) is 1.71. The maximum Gasteiger partial charge on any atom is 0.319 e. The Morgan fingerprint density at radius 2 is 1.84 bits per heavy atom. The lowest BCUT2D eigenvalue weighted by atomic mass is 9.94. The van der Waals surface area contributed by atoms with E-state index in [2.05, 4.69) is 32.8 Å². The lowest BCUT2D eigenvalue weighted by Crippen LogP contribution is -2.42. The normalized spacial score (nSPS) is 18.8. The molecule has 0 bridgehead atoms. The molecule has 7 heteroatoms. The van der Waals surface area contributed by atoms with E-state index < -0.39 is 0 Å². The zero-order valence-electron chi connectivity index (χ0n) is 17.9. The van der Waals surface area contributed by atoms with Gasteiger partial charge in [0, 0.05) is 38.2 Å². The van der Waals surface area contributed by atoms with Gasteiger partial charge in [0.25, 0.3) is 0 Å². The minimum absolute atomic E-state index is 0.0143. The third-order valence-electron chi connectivity index (χ3n) is 5.70. The van der Waals surface area contributed by atoms with Crippen molar-refractivity contribution >= 4 is 11.7 Å². The third-order valence-corrected chi connectivity index (χ3v) is 5.70. The minimum Gasteiger partial charge on any atom is -0.383 e. The molecule has 4 rings (SSSR count). The first-order valence-electron chi connectivity index (χ1n) is 10.5. The van der Waals surface area contributed by atoms with E-state index >= 15 is 0 Å². The number of nitrogens with one attached hydrogen (secondary N) is 2. The van der Waals surface area contributed by atoms with E-state index in [1.165, 1.54) is 5.56 Å². The second-order valence-electron chi connectivity index (χ2n) is 7.80. The van der Waals surface area contributed by atoms with Crippen molar-refractivity contribution in [3.05, 3.63) is 72.0 Å².